The lowest BCUT2D eigenvalue weighted by Gasteiger charge is -2.27. The lowest BCUT2D eigenvalue weighted by atomic mass is 10.1. The van der Waals surface area contributed by atoms with E-state index in [1.807, 2.05) is 24.3 Å². The summed E-state index contributed by atoms with van der Waals surface area (Å²) in [5, 5.41) is 0.714. The summed E-state index contributed by atoms with van der Waals surface area (Å²) in [6, 6.07) is 10.4. The van der Waals surface area contributed by atoms with E-state index in [0.29, 0.717) is 11.1 Å². The van der Waals surface area contributed by atoms with Crippen LogP contribution in [-0.2, 0) is 13.1 Å². The van der Waals surface area contributed by atoms with E-state index in [9.17, 15) is 0 Å². The zero-order valence-electron chi connectivity index (χ0n) is 11.9. The average molecular weight is 290 g/mol. The zero-order valence-corrected chi connectivity index (χ0v) is 12.6. The molecule has 2 N–H and O–H groups in total. The van der Waals surface area contributed by atoms with Crippen molar-refractivity contribution in [2.24, 2.45) is 0 Å². The van der Waals surface area contributed by atoms with Gasteiger partial charge < -0.3 is 5.73 Å². The average Bonchev–Trinajstić information content (AvgIpc) is 2.40. The molecule has 0 saturated carbocycles. The van der Waals surface area contributed by atoms with Gasteiger partial charge in [-0.2, -0.15) is 0 Å². The summed E-state index contributed by atoms with van der Waals surface area (Å²) in [4.78, 5) is 6.38. The van der Waals surface area contributed by atoms with Crippen molar-refractivity contribution in [2.45, 2.75) is 33.0 Å². The van der Waals surface area contributed by atoms with Crippen molar-refractivity contribution >= 4 is 17.3 Å². The van der Waals surface area contributed by atoms with Gasteiger partial charge in [0.25, 0.3) is 0 Å². The molecule has 0 aliphatic carbocycles. The van der Waals surface area contributed by atoms with Crippen molar-refractivity contribution in [1.29, 1.82) is 0 Å². The highest BCUT2D eigenvalue weighted by Gasteiger charge is 2.12. The SMILES string of the molecule is CC(C)N(Cc1cccc(N)c1)Cc1ccncc1Cl. The Kier molecular flexibility index (Phi) is 4.99. The molecule has 1 aromatic carbocycles. The molecule has 1 heterocycles. The van der Waals surface area contributed by atoms with Crippen LogP contribution in [0.15, 0.2) is 42.7 Å². The summed E-state index contributed by atoms with van der Waals surface area (Å²) in [6.45, 7) is 6.01. The monoisotopic (exact) mass is 289 g/mol. The standard InChI is InChI=1S/C16H20ClN3/c1-12(2)20(10-13-4-3-5-15(18)8-13)11-14-6-7-19-9-16(14)17/h3-9,12H,10-11,18H2,1-2H3. The first-order chi connectivity index (χ1) is 9.56. The number of hydrogen-bond donors (Lipinski definition) is 1. The molecule has 2 rings (SSSR count). The van der Waals surface area contributed by atoms with Crippen LogP contribution < -0.4 is 5.73 Å². The third kappa shape index (κ3) is 3.95. The predicted octanol–water partition coefficient (Wildman–Crippen LogP) is 3.73. The second kappa shape index (κ2) is 6.73. The van der Waals surface area contributed by atoms with E-state index in [1.54, 1.807) is 12.4 Å². The zero-order chi connectivity index (χ0) is 14.5. The molecule has 0 atom stereocenters. The molecular formula is C16H20ClN3. The van der Waals surface area contributed by atoms with Gasteiger partial charge in [0.05, 0.1) is 5.02 Å². The van der Waals surface area contributed by atoms with Crippen molar-refractivity contribution < 1.29 is 0 Å². The van der Waals surface area contributed by atoms with Gasteiger partial charge in [-0.1, -0.05) is 23.7 Å². The minimum Gasteiger partial charge on any atom is -0.399 e. The van der Waals surface area contributed by atoms with Crippen LogP contribution in [0.2, 0.25) is 5.02 Å². The van der Waals surface area contributed by atoms with Gasteiger partial charge in [-0.3, -0.25) is 9.88 Å². The lowest BCUT2D eigenvalue weighted by molar-refractivity contribution is 0.203. The van der Waals surface area contributed by atoms with Crippen LogP contribution in [0.3, 0.4) is 0 Å². The van der Waals surface area contributed by atoms with Gasteiger partial charge in [0.1, 0.15) is 0 Å². The van der Waals surface area contributed by atoms with Gasteiger partial charge in [0, 0.05) is 37.2 Å². The quantitative estimate of drug-likeness (QED) is 0.853. The normalized spacial score (nSPS) is 11.2. The maximum atomic E-state index is 6.19. The van der Waals surface area contributed by atoms with E-state index >= 15 is 0 Å². The molecular weight excluding hydrogens is 270 g/mol. The predicted molar refractivity (Wildman–Crippen MR) is 84.5 cm³/mol. The fourth-order valence-electron chi connectivity index (χ4n) is 2.10. The molecule has 2 aromatic rings. The molecule has 0 spiro atoms. The maximum absolute atomic E-state index is 6.19. The van der Waals surface area contributed by atoms with Crippen molar-refractivity contribution in [3.63, 3.8) is 0 Å². The first-order valence-corrected chi connectivity index (χ1v) is 7.11. The van der Waals surface area contributed by atoms with Gasteiger partial charge in [0.2, 0.25) is 0 Å². The smallest absolute Gasteiger partial charge is 0.0634 e. The molecule has 20 heavy (non-hydrogen) atoms. The number of aromatic nitrogens is 1. The Bertz CT molecular complexity index is 569. The highest BCUT2D eigenvalue weighted by atomic mass is 35.5. The van der Waals surface area contributed by atoms with E-state index in [-0.39, 0.29) is 0 Å². The Morgan fingerprint density at radius 3 is 2.70 bits per heavy atom. The van der Waals surface area contributed by atoms with Crippen LogP contribution in [-0.4, -0.2) is 15.9 Å². The first-order valence-electron chi connectivity index (χ1n) is 6.73. The lowest BCUT2D eigenvalue weighted by Crippen LogP contribution is -2.30. The Balaban J connectivity index is 2.14. The third-order valence-electron chi connectivity index (χ3n) is 3.30. The molecule has 0 amide bonds. The molecule has 4 heteroatoms. The molecule has 0 radical (unpaired) electrons. The Morgan fingerprint density at radius 1 is 1.25 bits per heavy atom. The topological polar surface area (TPSA) is 42.1 Å². The summed E-state index contributed by atoms with van der Waals surface area (Å²) >= 11 is 6.19. The molecule has 1 aromatic heterocycles. The minimum atomic E-state index is 0.417. The number of anilines is 1. The van der Waals surface area contributed by atoms with Crippen LogP contribution in [0.1, 0.15) is 25.0 Å². The summed E-state index contributed by atoms with van der Waals surface area (Å²) < 4.78 is 0. The van der Waals surface area contributed by atoms with Gasteiger partial charge in [-0.25, -0.2) is 0 Å². The van der Waals surface area contributed by atoms with Crippen LogP contribution in [0, 0.1) is 0 Å². The molecule has 0 aliphatic heterocycles. The second-order valence-electron chi connectivity index (χ2n) is 5.21. The van der Waals surface area contributed by atoms with E-state index in [2.05, 4.69) is 29.8 Å². The van der Waals surface area contributed by atoms with E-state index in [1.165, 1.54) is 5.56 Å². The van der Waals surface area contributed by atoms with E-state index in [0.717, 1.165) is 24.3 Å². The number of hydrogen-bond acceptors (Lipinski definition) is 3. The van der Waals surface area contributed by atoms with Crippen LogP contribution in [0.4, 0.5) is 5.69 Å². The molecule has 3 nitrogen and oxygen atoms in total. The van der Waals surface area contributed by atoms with E-state index in [4.69, 9.17) is 17.3 Å². The Hall–Kier alpha value is -1.58. The van der Waals surface area contributed by atoms with Gasteiger partial charge in [0.15, 0.2) is 0 Å². The number of rotatable bonds is 5. The van der Waals surface area contributed by atoms with Crippen molar-refractivity contribution in [1.82, 2.24) is 9.88 Å². The molecule has 0 unspecified atom stereocenters. The molecule has 106 valence electrons. The highest BCUT2D eigenvalue weighted by Crippen LogP contribution is 2.19. The maximum Gasteiger partial charge on any atom is 0.0634 e. The number of benzene rings is 1. The van der Waals surface area contributed by atoms with Crippen molar-refractivity contribution in [3.8, 4) is 0 Å². The molecule has 0 aliphatic rings. The summed E-state index contributed by atoms with van der Waals surface area (Å²) in [7, 11) is 0. The van der Waals surface area contributed by atoms with Gasteiger partial charge in [-0.15, -0.1) is 0 Å². The van der Waals surface area contributed by atoms with Crippen LogP contribution in [0.5, 0.6) is 0 Å². The van der Waals surface area contributed by atoms with Crippen LogP contribution >= 0.6 is 11.6 Å². The van der Waals surface area contributed by atoms with E-state index < -0.39 is 0 Å². The highest BCUT2D eigenvalue weighted by molar-refractivity contribution is 6.31. The minimum absolute atomic E-state index is 0.417. The summed E-state index contributed by atoms with van der Waals surface area (Å²) in [6.07, 6.45) is 3.47. The fraction of sp³-hybridized carbons (Fsp3) is 0.312. The van der Waals surface area contributed by atoms with Crippen molar-refractivity contribution in [3.05, 3.63) is 58.9 Å². The Labute approximate surface area is 125 Å². The number of nitrogens with zero attached hydrogens (tertiary/aromatic N) is 2. The molecule has 0 bridgehead atoms. The number of nitrogens with two attached hydrogens (primary N) is 1. The van der Waals surface area contributed by atoms with Gasteiger partial charge >= 0.3 is 0 Å². The number of halogens is 1. The fourth-order valence-corrected chi connectivity index (χ4v) is 2.28. The second-order valence-corrected chi connectivity index (χ2v) is 5.62. The summed E-state index contributed by atoms with van der Waals surface area (Å²) in [5.41, 5.74) is 8.95. The van der Waals surface area contributed by atoms with Crippen molar-refractivity contribution in [2.75, 3.05) is 5.73 Å². The largest absolute Gasteiger partial charge is 0.399 e. The first kappa shape index (κ1) is 14.8. The third-order valence-corrected chi connectivity index (χ3v) is 3.64. The molecule has 0 saturated heterocycles. The number of nitrogen functional groups attached to an aromatic ring is 1. The van der Waals surface area contributed by atoms with Gasteiger partial charge in [-0.05, 0) is 43.2 Å². The van der Waals surface area contributed by atoms with Crippen LogP contribution in [0.25, 0.3) is 0 Å². The summed E-state index contributed by atoms with van der Waals surface area (Å²) in [5.74, 6) is 0. The molecule has 0 fully saturated rings. The number of pyridine rings is 1. The Morgan fingerprint density at radius 2 is 2.05 bits per heavy atom.